The maximum atomic E-state index is 11.1. The van der Waals surface area contributed by atoms with E-state index >= 15 is 0 Å². The van der Waals surface area contributed by atoms with Gasteiger partial charge in [-0.1, -0.05) is 0 Å². The smallest absolute Gasteiger partial charge is 0.354 e. The Morgan fingerprint density at radius 3 is 3.08 bits per heavy atom. The number of nitrogens with zero attached hydrogens (tertiary/aromatic N) is 1. The van der Waals surface area contributed by atoms with Gasteiger partial charge in [0.2, 0.25) is 0 Å². The maximum Gasteiger partial charge on any atom is 0.354 e. The van der Waals surface area contributed by atoms with E-state index in [1.165, 1.54) is 0 Å². The van der Waals surface area contributed by atoms with Gasteiger partial charge in [-0.25, -0.2) is 4.79 Å². The topological polar surface area (TPSA) is 50.7 Å². The van der Waals surface area contributed by atoms with Gasteiger partial charge in [-0.15, -0.1) is 0 Å². The van der Waals surface area contributed by atoms with Crippen molar-refractivity contribution in [3.63, 3.8) is 0 Å². The minimum absolute atomic E-state index is 0.295. The predicted octanol–water partition coefficient (Wildman–Crippen LogP) is 0.677. The second-order valence-corrected chi connectivity index (χ2v) is 2.85. The summed E-state index contributed by atoms with van der Waals surface area (Å²) in [5.74, 6) is -0.295. The number of hydrazone groups is 1. The van der Waals surface area contributed by atoms with Gasteiger partial charge in [-0.2, -0.15) is 5.10 Å². The molecule has 0 unspecified atom stereocenters. The SMILES string of the molecule is CCOC(=O)C1=NN[C@H](C)CC1. The highest BCUT2D eigenvalue weighted by molar-refractivity contribution is 6.36. The first-order chi connectivity index (χ1) is 5.74. The first-order valence-electron chi connectivity index (χ1n) is 4.23. The molecule has 0 saturated carbocycles. The van der Waals surface area contributed by atoms with Crippen LogP contribution < -0.4 is 5.43 Å². The van der Waals surface area contributed by atoms with Crippen molar-refractivity contribution in [1.29, 1.82) is 0 Å². The summed E-state index contributed by atoms with van der Waals surface area (Å²) < 4.78 is 4.81. The van der Waals surface area contributed by atoms with Gasteiger partial charge in [0.1, 0.15) is 5.71 Å². The lowest BCUT2D eigenvalue weighted by Crippen LogP contribution is -2.32. The van der Waals surface area contributed by atoms with Crippen LogP contribution in [0.3, 0.4) is 0 Å². The molecule has 1 aliphatic heterocycles. The highest BCUT2D eigenvalue weighted by Crippen LogP contribution is 2.05. The molecule has 1 rings (SSSR count). The molecule has 4 nitrogen and oxygen atoms in total. The maximum absolute atomic E-state index is 11.1. The van der Waals surface area contributed by atoms with Gasteiger partial charge in [-0.05, 0) is 20.3 Å². The van der Waals surface area contributed by atoms with Gasteiger partial charge in [0.25, 0.3) is 0 Å². The summed E-state index contributed by atoms with van der Waals surface area (Å²) in [7, 11) is 0. The number of carbonyl (C=O) groups excluding carboxylic acids is 1. The lowest BCUT2D eigenvalue weighted by atomic mass is 10.1. The van der Waals surface area contributed by atoms with E-state index in [0.29, 0.717) is 24.8 Å². The minimum Gasteiger partial charge on any atom is -0.461 e. The van der Waals surface area contributed by atoms with E-state index in [1.54, 1.807) is 6.92 Å². The van der Waals surface area contributed by atoms with Gasteiger partial charge < -0.3 is 10.2 Å². The van der Waals surface area contributed by atoms with Gasteiger partial charge in [-0.3, -0.25) is 0 Å². The standard InChI is InChI=1S/C8H14N2O2/c1-3-12-8(11)7-5-4-6(2)9-10-7/h6,9H,3-5H2,1-2H3/t6-/m1/s1. The van der Waals surface area contributed by atoms with Crippen LogP contribution in [0.1, 0.15) is 26.7 Å². The van der Waals surface area contributed by atoms with E-state index in [0.717, 1.165) is 6.42 Å². The first kappa shape index (κ1) is 9.03. The number of ether oxygens (including phenoxy) is 1. The summed E-state index contributed by atoms with van der Waals surface area (Å²) in [5, 5.41) is 3.92. The van der Waals surface area contributed by atoms with Crippen LogP contribution in [0.15, 0.2) is 5.10 Å². The molecule has 12 heavy (non-hydrogen) atoms. The molecule has 0 saturated heterocycles. The van der Waals surface area contributed by atoms with Crippen LogP contribution in [0, 0.1) is 0 Å². The monoisotopic (exact) mass is 170 g/mol. The number of esters is 1. The molecular weight excluding hydrogens is 156 g/mol. The average Bonchev–Trinajstić information content (AvgIpc) is 2.06. The van der Waals surface area contributed by atoms with Crippen molar-refractivity contribution in [1.82, 2.24) is 5.43 Å². The van der Waals surface area contributed by atoms with Gasteiger partial charge >= 0.3 is 5.97 Å². The van der Waals surface area contributed by atoms with Crippen molar-refractivity contribution in [2.75, 3.05) is 6.61 Å². The molecule has 4 heteroatoms. The van der Waals surface area contributed by atoms with E-state index in [4.69, 9.17) is 4.74 Å². The van der Waals surface area contributed by atoms with Crippen molar-refractivity contribution in [3.8, 4) is 0 Å². The van der Waals surface area contributed by atoms with Gasteiger partial charge in [0.15, 0.2) is 0 Å². The second kappa shape index (κ2) is 4.09. The molecule has 1 atom stereocenters. The van der Waals surface area contributed by atoms with Crippen LogP contribution in [-0.2, 0) is 9.53 Å². The van der Waals surface area contributed by atoms with E-state index in [-0.39, 0.29) is 5.97 Å². The highest BCUT2D eigenvalue weighted by Gasteiger charge is 2.17. The molecule has 0 radical (unpaired) electrons. The van der Waals surface area contributed by atoms with E-state index in [9.17, 15) is 4.79 Å². The number of nitrogens with one attached hydrogen (secondary N) is 1. The number of carbonyl (C=O) groups is 1. The van der Waals surface area contributed by atoms with Crippen molar-refractivity contribution in [3.05, 3.63) is 0 Å². The molecule has 0 aromatic heterocycles. The third kappa shape index (κ3) is 2.22. The summed E-state index contributed by atoms with van der Waals surface area (Å²) in [6, 6.07) is 0.364. The average molecular weight is 170 g/mol. The summed E-state index contributed by atoms with van der Waals surface area (Å²) in [6.45, 7) is 4.23. The molecule has 0 aliphatic carbocycles. The van der Waals surface area contributed by atoms with Crippen LogP contribution in [0.5, 0.6) is 0 Å². The van der Waals surface area contributed by atoms with E-state index in [2.05, 4.69) is 10.5 Å². The Hall–Kier alpha value is -1.06. The number of hydrogen-bond acceptors (Lipinski definition) is 4. The quantitative estimate of drug-likeness (QED) is 0.620. The molecule has 1 N–H and O–H groups in total. The zero-order valence-corrected chi connectivity index (χ0v) is 7.46. The third-order valence-electron chi connectivity index (χ3n) is 1.75. The third-order valence-corrected chi connectivity index (χ3v) is 1.75. The molecule has 68 valence electrons. The van der Waals surface area contributed by atoms with Crippen molar-refractivity contribution < 1.29 is 9.53 Å². The summed E-state index contributed by atoms with van der Waals surface area (Å²) >= 11 is 0. The zero-order chi connectivity index (χ0) is 8.97. The van der Waals surface area contributed by atoms with Crippen LogP contribution >= 0.6 is 0 Å². The summed E-state index contributed by atoms with van der Waals surface area (Å²) in [5.41, 5.74) is 3.37. The molecule has 0 aromatic rings. The van der Waals surface area contributed by atoms with Crippen molar-refractivity contribution >= 4 is 11.7 Å². The van der Waals surface area contributed by atoms with Gasteiger partial charge in [0.05, 0.1) is 6.61 Å². The lowest BCUT2D eigenvalue weighted by Gasteiger charge is -2.17. The van der Waals surface area contributed by atoms with Crippen molar-refractivity contribution in [2.45, 2.75) is 32.7 Å². The lowest BCUT2D eigenvalue weighted by molar-refractivity contribution is -0.135. The molecule has 0 fully saturated rings. The fraction of sp³-hybridized carbons (Fsp3) is 0.750. The summed E-state index contributed by atoms with van der Waals surface area (Å²) in [4.78, 5) is 11.1. The Morgan fingerprint density at radius 2 is 2.58 bits per heavy atom. The van der Waals surface area contributed by atoms with E-state index in [1.807, 2.05) is 6.92 Å². The Labute approximate surface area is 72.0 Å². The first-order valence-corrected chi connectivity index (χ1v) is 4.23. The Morgan fingerprint density at radius 1 is 1.83 bits per heavy atom. The van der Waals surface area contributed by atoms with Crippen LogP contribution in [-0.4, -0.2) is 24.3 Å². The largest absolute Gasteiger partial charge is 0.461 e. The van der Waals surface area contributed by atoms with Gasteiger partial charge in [0, 0.05) is 12.5 Å². The summed E-state index contributed by atoms with van der Waals surface area (Å²) in [6.07, 6.45) is 1.66. The predicted molar refractivity (Wildman–Crippen MR) is 45.9 cm³/mol. The van der Waals surface area contributed by atoms with Crippen LogP contribution in [0.25, 0.3) is 0 Å². The van der Waals surface area contributed by atoms with Crippen LogP contribution in [0.4, 0.5) is 0 Å². The Bertz CT molecular complexity index is 201. The van der Waals surface area contributed by atoms with Crippen molar-refractivity contribution in [2.24, 2.45) is 5.10 Å². The molecule has 0 spiro atoms. The normalized spacial score (nSPS) is 22.5. The molecule has 0 amide bonds. The fourth-order valence-electron chi connectivity index (χ4n) is 1.02. The Balaban J connectivity index is 2.47. The molecule has 0 aromatic carbocycles. The highest BCUT2D eigenvalue weighted by atomic mass is 16.5. The minimum atomic E-state index is -0.295. The Kier molecular flexibility index (Phi) is 3.08. The van der Waals surface area contributed by atoms with Crippen LogP contribution in [0.2, 0.25) is 0 Å². The van der Waals surface area contributed by atoms with E-state index < -0.39 is 0 Å². The zero-order valence-electron chi connectivity index (χ0n) is 7.46. The fourth-order valence-corrected chi connectivity index (χ4v) is 1.02. The molecule has 0 bridgehead atoms. The number of hydrogen-bond donors (Lipinski definition) is 1. The molecule has 1 aliphatic rings. The molecular formula is C8H14N2O2. The molecule has 1 heterocycles. The second-order valence-electron chi connectivity index (χ2n) is 2.85. The number of rotatable bonds is 2.